The highest BCUT2D eigenvalue weighted by molar-refractivity contribution is 5.63. The maximum Gasteiger partial charge on any atom is 0.0991 e. The molecular weight excluding hydrogens is 236 g/mol. The summed E-state index contributed by atoms with van der Waals surface area (Å²) in [6, 6.07) is 17.7. The Morgan fingerprint density at radius 1 is 1.11 bits per heavy atom. The Hall–Kier alpha value is -2.31. The van der Waals surface area contributed by atoms with E-state index >= 15 is 0 Å². The predicted octanol–water partition coefficient (Wildman–Crippen LogP) is 3.49. The fraction of sp³-hybridized carbons (Fsp3) is 0.188. The summed E-state index contributed by atoms with van der Waals surface area (Å²) in [4.78, 5) is 0. The van der Waals surface area contributed by atoms with Gasteiger partial charge in [0.05, 0.1) is 18.2 Å². The standard InChI is InChI=1S/C16H16N2O/c1-19-11-10-14-4-2-3-5-16(14)18-15-8-6-13(12-17)7-9-15/h2-9,18H,10-11H2,1H3. The van der Waals surface area contributed by atoms with Gasteiger partial charge in [-0.3, -0.25) is 0 Å². The summed E-state index contributed by atoms with van der Waals surface area (Å²) in [5.41, 5.74) is 3.93. The van der Waals surface area contributed by atoms with Gasteiger partial charge in [-0.1, -0.05) is 18.2 Å². The van der Waals surface area contributed by atoms with E-state index in [0.29, 0.717) is 12.2 Å². The Kier molecular flexibility index (Phi) is 4.54. The van der Waals surface area contributed by atoms with Gasteiger partial charge in [0.15, 0.2) is 0 Å². The van der Waals surface area contributed by atoms with Crippen molar-refractivity contribution in [3.05, 3.63) is 59.7 Å². The number of ether oxygens (including phenoxy) is 1. The van der Waals surface area contributed by atoms with E-state index in [4.69, 9.17) is 10.00 Å². The van der Waals surface area contributed by atoms with Crippen LogP contribution in [0.2, 0.25) is 0 Å². The molecule has 0 saturated heterocycles. The molecule has 0 aliphatic carbocycles. The molecule has 0 aliphatic rings. The van der Waals surface area contributed by atoms with Crippen LogP contribution in [0.1, 0.15) is 11.1 Å². The molecule has 0 aromatic heterocycles. The quantitative estimate of drug-likeness (QED) is 0.886. The van der Waals surface area contributed by atoms with Crippen LogP contribution in [0.15, 0.2) is 48.5 Å². The van der Waals surface area contributed by atoms with Gasteiger partial charge in [-0.25, -0.2) is 0 Å². The second-order valence-corrected chi connectivity index (χ2v) is 4.21. The van der Waals surface area contributed by atoms with E-state index < -0.39 is 0 Å². The number of hydrogen-bond acceptors (Lipinski definition) is 3. The summed E-state index contributed by atoms with van der Waals surface area (Å²) < 4.78 is 5.12. The maximum atomic E-state index is 8.78. The highest BCUT2D eigenvalue weighted by Gasteiger charge is 2.02. The Bertz CT molecular complexity index is 570. The lowest BCUT2D eigenvalue weighted by Gasteiger charge is -2.11. The van der Waals surface area contributed by atoms with Gasteiger partial charge in [0.25, 0.3) is 0 Å². The molecule has 0 fully saturated rings. The fourth-order valence-corrected chi connectivity index (χ4v) is 1.86. The molecule has 0 aliphatic heterocycles. The molecular formula is C16H16N2O. The van der Waals surface area contributed by atoms with Crippen molar-refractivity contribution in [3.8, 4) is 6.07 Å². The van der Waals surface area contributed by atoms with Crippen molar-refractivity contribution in [1.29, 1.82) is 5.26 Å². The van der Waals surface area contributed by atoms with Gasteiger partial charge in [0, 0.05) is 18.5 Å². The van der Waals surface area contributed by atoms with Crippen LogP contribution >= 0.6 is 0 Å². The van der Waals surface area contributed by atoms with Crippen LogP contribution in [0.3, 0.4) is 0 Å². The van der Waals surface area contributed by atoms with Crippen molar-refractivity contribution in [2.45, 2.75) is 6.42 Å². The van der Waals surface area contributed by atoms with Gasteiger partial charge in [0.1, 0.15) is 0 Å². The summed E-state index contributed by atoms with van der Waals surface area (Å²) in [6.07, 6.45) is 0.871. The van der Waals surface area contributed by atoms with Crippen molar-refractivity contribution in [2.24, 2.45) is 0 Å². The zero-order valence-corrected chi connectivity index (χ0v) is 10.9. The zero-order chi connectivity index (χ0) is 13.5. The molecule has 0 amide bonds. The molecule has 2 aromatic carbocycles. The Morgan fingerprint density at radius 2 is 1.84 bits per heavy atom. The molecule has 0 radical (unpaired) electrons. The molecule has 0 unspecified atom stereocenters. The largest absolute Gasteiger partial charge is 0.384 e. The number of nitrogens with zero attached hydrogens (tertiary/aromatic N) is 1. The number of rotatable bonds is 5. The highest BCUT2D eigenvalue weighted by atomic mass is 16.5. The molecule has 19 heavy (non-hydrogen) atoms. The molecule has 2 rings (SSSR count). The van der Waals surface area contributed by atoms with Gasteiger partial charge in [-0.05, 0) is 42.3 Å². The number of nitriles is 1. The van der Waals surface area contributed by atoms with Gasteiger partial charge >= 0.3 is 0 Å². The number of benzene rings is 2. The number of anilines is 2. The third-order valence-electron chi connectivity index (χ3n) is 2.89. The number of hydrogen-bond donors (Lipinski definition) is 1. The third kappa shape index (κ3) is 3.57. The lowest BCUT2D eigenvalue weighted by molar-refractivity contribution is 0.202. The minimum atomic E-state index is 0.665. The van der Waals surface area contributed by atoms with Crippen molar-refractivity contribution >= 4 is 11.4 Å². The van der Waals surface area contributed by atoms with Crippen LogP contribution in [0, 0.1) is 11.3 Å². The molecule has 1 N–H and O–H groups in total. The van der Waals surface area contributed by atoms with E-state index in [0.717, 1.165) is 17.8 Å². The Morgan fingerprint density at radius 3 is 2.53 bits per heavy atom. The lowest BCUT2D eigenvalue weighted by Crippen LogP contribution is -2.00. The first kappa shape index (κ1) is 13.1. The molecule has 3 nitrogen and oxygen atoms in total. The average molecular weight is 252 g/mol. The second-order valence-electron chi connectivity index (χ2n) is 4.21. The van der Waals surface area contributed by atoms with Gasteiger partial charge in [0.2, 0.25) is 0 Å². The number of para-hydroxylation sites is 1. The highest BCUT2D eigenvalue weighted by Crippen LogP contribution is 2.21. The van der Waals surface area contributed by atoms with E-state index in [9.17, 15) is 0 Å². The summed E-state index contributed by atoms with van der Waals surface area (Å²) >= 11 is 0. The molecule has 3 heteroatoms. The van der Waals surface area contributed by atoms with E-state index in [1.807, 2.05) is 30.3 Å². The lowest BCUT2D eigenvalue weighted by atomic mass is 10.1. The van der Waals surface area contributed by atoms with Gasteiger partial charge in [-0.15, -0.1) is 0 Å². The first-order chi connectivity index (χ1) is 9.33. The molecule has 0 atom stereocenters. The van der Waals surface area contributed by atoms with Gasteiger partial charge in [-0.2, -0.15) is 5.26 Å². The monoisotopic (exact) mass is 252 g/mol. The topological polar surface area (TPSA) is 45.0 Å². The normalized spacial score (nSPS) is 9.89. The van der Waals surface area contributed by atoms with E-state index in [1.54, 1.807) is 19.2 Å². The first-order valence-corrected chi connectivity index (χ1v) is 6.17. The SMILES string of the molecule is COCCc1ccccc1Nc1ccc(C#N)cc1. The van der Waals surface area contributed by atoms with Crippen LogP contribution in [-0.4, -0.2) is 13.7 Å². The summed E-state index contributed by atoms with van der Waals surface area (Å²) in [6.45, 7) is 0.700. The number of methoxy groups -OCH3 is 1. The predicted molar refractivity (Wildman–Crippen MR) is 76.5 cm³/mol. The van der Waals surface area contributed by atoms with Crippen LogP contribution in [0.25, 0.3) is 0 Å². The molecule has 0 saturated carbocycles. The smallest absolute Gasteiger partial charge is 0.0991 e. The maximum absolute atomic E-state index is 8.78. The van der Waals surface area contributed by atoms with E-state index in [2.05, 4.69) is 17.5 Å². The van der Waals surface area contributed by atoms with Crippen LogP contribution in [0.4, 0.5) is 11.4 Å². The van der Waals surface area contributed by atoms with Crippen molar-refractivity contribution in [3.63, 3.8) is 0 Å². The summed E-state index contributed by atoms with van der Waals surface area (Å²) in [7, 11) is 1.71. The molecule has 2 aromatic rings. The van der Waals surface area contributed by atoms with Crippen LogP contribution < -0.4 is 5.32 Å². The summed E-state index contributed by atoms with van der Waals surface area (Å²) in [5, 5.41) is 12.1. The van der Waals surface area contributed by atoms with Crippen molar-refractivity contribution in [1.82, 2.24) is 0 Å². The third-order valence-corrected chi connectivity index (χ3v) is 2.89. The molecule has 0 spiro atoms. The van der Waals surface area contributed by atoms with E-state index in [1.165, 1.54) is 5.56 Å². The molecule has 0 heterocycles. The molecule has 0 bridgehead atoms. The Balaban J connectivity index is 2.15. The first-order valence-electron chi connectivity index (χ1n) is 6.17. The number of nitrogens with one attached hydrogen (secondary N) is 1. The molecule has 96 valence electrons. The van der Waals surface area contributed by atoms with Crippen LogP contribution in [0.5, 0.6) is 0 Å². The fourth-order valence-electron chi connectivity index (χ4n) is 1.86. The second kappa shape index (κ2) is 6.58. The Labute approximate surface area is 113 Å². The van der Waals surface area contributed by atoms with Gasteiger partial charge < -0.3 is 10.1 Å². The average Bonchev–Trinajstić information content (AvgIpc) is 2.47. The van der Waals surface area contributed by atoms with Crippen LogP contribution in [-0.2, 0) is 11.2 Å². The zero-order valence-electron chi connectivity index (χ0n) is 10.9. The minimum Gasteiger partial charge on any atom is -0.384 e. The van der Waals surface area contributed by atoms with Crippen molar-refractivity contribution in [2.75, 3.05) is 19.0 Å². The minimum absolute atomic E-state index is 0.665. The van der Waals surface area contributed by atoms with E-state index in [-0.39, 0.29) is 0 Å². The van der Waals surface area contributed by atoms with Crippen molar-refractivity contribution < 1.29 is 4.74 Å². The summed E-state index contributed by atoms with van der Waals surface area (Å²) in [5.74, 6) is 0.